The molecule has 2 aliphatic heterocycles. The predicted molar refractivity (Wildman–Crippen MR) is 171 cm³/mol. The van der Waals surface area contributed by atoms with Gasteiger partial charge in [-0.1, -0.05) is 45.4 Å². The van der Waals surface area contributed by atoms with Gasteiger partial charge in [0.05, 0.1) is 23.7 Å². The van der Waals surface area contributed by atoms with Gasteiger partial charge in [0.15, 0.2) is 5.79 Å². The highest BCUT2D eigenvalue weighted by Crippen LogP contribution is 2.70. The van der Waals surface area contributed by atoms with E-state index in [9.17, 15) is 18.3 Å². The third-order valence-corrected chi connectivity index (χ3v) is 15.0. The van der Waals surface area contributed by atoms with E-state index >= 15 is 0 Å². The first-order chi connectivity index (χ1) is 21.3. The summed E-state index contributed by atoms with van der Waals surface area (Å²) in [5, 5.41) is 15.4. The summed E-state index contributed by atoms with van der Waals surface area (Å²) in [4.78, 5) is 13.2. The number of nitrogens with zero attached hydrogens (tertiary/aromatic N) is 1. The largest absolute Gasteiger partial charge is 0.393 e. The molecule has 0 unspecified atom stereocenters. The Bertz CT molecular complexity index is 1460. The van der Waals surface area contributed by atoms with Crippen molar-refractivity contribution in [1.82, 2.24) is 10.1 Å². The van der Waals surface area contributed by atoms with Gasteiger partial charge in [-0.3, -0.25) is 0 Å². The van der Waals surface area contributed by atoms with Crippen LogP contribution < -0.4 is 10.1 Å². The number of aliphatic hydroxyl groups is 1. The normalized spacial score (nSPS) is 46.6. The summed E-state index contributed by atoms with van der Waals surface area (Å²) >= 11 is 0. The Hall–Kier alpha value is -2.01. The summed E-state index contributed by atoms with van der Waals surface area (Å²) in [5.41, 5.74) is 4.29. The smallest absolute Gasteiger partial charge is 0.349 e. The molecule has 2 heterocycles. The molecule has 0 aromatic heterocycles. The van der Waals surface area contributed by atoms with Gasteiger partial charge in [0.1, 0.15) is 0 Å². The summed E-state index contributed by atoms with van der Waals surface area (Å²) in [6.07, 6.45) is 8.47. The third kappa shape index (κ3) is 4.99. The molecular formula is C35H51N3O6S. The lowest BCUT2D eigenvalue weighted by Gasteiger charge is -2.61. The number of amides is 2. The lowest BCUT2D eigenvalue weighted by Crippen LogP contribution is -2.58. The Morgan fingerprint density at radius 2 is 1.78 bits per heavy atom. The van der Waals surface area contributed by atoms with E-state index in [1.807, 2.05) is 6.92 Å². The molecule has 10 heteroatoms. The minimum Gasteiger partial charge on any atom is -0.393 e. The van der Waals surface area contributed by atoms with Crippen molar-refractivity contribution >= 4 is 21.8 Å². The quantitative estimate of drug-likeness (QED) is 0.361. The number of hydrazone groups is 1. The average molecular weight is 642 g/mol. The molecule has 248 valence electrons. The number of fused-ring (bicyclic) bond motifs is 7. The minimum atomic E-state index is -4.05. The number of carbonyl (C=O) groups is 1. The number of hydrogen-bond acceptors (Lipinski definition) is 7. The van der Waals surface area contributed by atoms with Gasteiger partial charge in [0, 0.05) is 29.4 Å². The van der Waals surface area contributed by atoms with Crippen LogP contribution in [0, 0.1) is 59.2 Å². The summed E-state index contributed by atoms with van der Waals surface area (Å²) in [5.74, 6) is 2.02. The van der Waals surface area contributed by atoms with Crippen molar-refractivity contribution in [3.63, 3.8) is 0 Å². The zero-order valence-electron chi connectivity index (χ0n) is 27.4. The molecule has 2 saturated heterocycles. The number of urea groups is 1. The van der Waals surface area contributed by atoms with E-state index in [2.05, 4.69) is 37.8 Å². The molecular weight excluding hydrogens is 590 g/mol. The summed E-state index contributed by atoms with van der Waals surface area (Å²) in [7, 11) is -4.05. The summed E-state index contributed by atoms with van der Waals surface area (Å²) < 4.78 is 41.6. The van der Waals surface area contributed by atoms with E-state index < -0.39 is 21.8 Å². The lowest BCUT2D eigenvalue weighted by atomic mass is 9.44. The standard InChI is InChI=1S/C35H51N3O6S/c1-20-6-9-25(10-7-20)45(41,42)38-32(40)37-36-30-18-27-26(11-8-23-16-24(39)13-14-33(23,27)4)28-17-29-31(34(28,30)5)22(3)35(44-29)15-12-21(2)19-43-35/h6-7,9-10,21-24,26-29,31,39H,8,11-19H2,1-5H3,(H2,37,38,40)/b36-30+/t21-,22+,23+,24+,26-,27+,28+,29+,31+,33+,34-,35-/m1/s1. The van der Waals surface area contributed by atoms with Gasteiger partial charge in [-0.15, -0.1) is 0 Å². The molecule has 1 aromatic rings. The molecule has 6 fully saturated rings. The Morgan fingerprint density at radius 1 is 1.02 bits per heavy atom. The van der Waals surface area contributed by atoms with Crippen molar-refractivity contribution in [3.05, 3.63) is 29.8 Å². The maximum absolute atomic E-state index is 13.1. The number of aliphatic hydroxyl groups excluding tert-OH is 1. The van der Waals surface area contributed by atoms with Crippen LogP contribution in [-0.4, -0.2) is 49.9 Å². The Labute approximate surface area is 268 Å². The zero-order chi connectivity index (χ0) is 31.9. The number of ether oxygens (including phenoxy) is 2. The first-order valence-corrected chi connectivity index (χ1v) is 18.7. The van der Waals surface area contributed by atoms with Crippen LogP contribution in [0.15, 0.2) is 34.3 Å². The SMILES string of the molecule is Cc1ccc(S(=O)(=O)NC(=O)N/N=C2\C[C@H]3[C@@H](CC[C@H]4C[C@@H](O)CC[C@@]43C)[C@@H]3C[C@@H]4O[C@]5(CC[C@@H](C)CO5)[C@@H](C)[C@@H]4[C@@]23C)cc1. The topological polar surface area (TPSA) is 126 Å². The number of benzene rings is 1. The summed E-state index contributed by atoms with van der Waals surface area (Å²) in [6, 6.07) is 5.55. The number of carbonyl (C=O) groups excluding carboxylic acids is 1. The Kier molecular flexibility index (Phi) is 7.74. The van der Waals surface area contributed by atoms with Gasteiger partial charge < -0.3 is 14.6 Å². The Balaban J connectivity index is 1.21. The second-order valence-corrected chi connectivity index (χ2v) is 17.6. The summed E-state index contributed by atoms with van der Waals surface area (Å²) in [6.45, 7) is 11.9. The first-order valence-electron chi connectivity index (χ1n) is 17.2. The number of sulfonamides is 1. The van der Waals surface area contributed by atoms with Crippen molar-refractivity contribution in [2.45, 2.75) is 115 Å². The molecule has 45 heavy (non-hydrogen) atoms. The number of rotatable bonds is 3. The van der Waals surface area contributed by atoms with E-state index in [-0.39, 0.29) is 39.8 Å². The molecule has 1 spiro atoms. The number of aryl methyl sites for hydroxylation is 1. The maximum Gasteiger partial charge on any atom is 0.349 e. The monoisotopic (exact) mass is 641 g/mol. The average Bonchev–Trinajstić information content (AvgIpc) is 3.44. The second kappa shape index (κ2) is 11.0. The molecule has 1 aromatic carbocycles. The number of hydrogen-bond donors (Lipinski definition) is 3. The van der Waals surface area contributed by atoms with E-state index in [1.165, 1.54) is 12.1 Å². The van der Waals surface area contributed by atoms with Crippen LogP contribution in [0.3, 0.4) is 0 Å². The molecule has 2 amide bonds. The second-order valence-electron chi connectivity index (χ2n) is 16.0. The van der Waals surface area contributed by atoms with E-state index in [0.29, 0.717) is 36.2 Å². The van der Waals surface area contributed by atoms with Gasteiger partial charge in [-0.05, 0) is 105 Å². The highest BCUT2D eigenvalue weighted by molar-refractivity contribution is 7.90. The Morgan fingerprint density at radius 3 is 2.49 bits per heavy atom. The molecule has 7 rings (SSSR count). The van der Waals surface area contributed by atoms with Crippen molar-refractivity contribution < 1.29 is 27.8 Å². The molecule has 0 radical (unpaired) electrons. The fourth-order valence-electron chi connectivity index (χ4n) is 11.2. The van der Waals surface area contributed by atoms with Crippen LogP contribution in [0.5, 0.6) is 0 Å². The fourth-order valence-corrected chi connectivity index (χ4v) is 12.1. The van der Waals surface area contributed by atoms with Crippen molar-refractivity contribution in [3.8, 4) is 0 Å². The van der Waals surface area contributed by atoms with E-state index in [4.69, 9.17) is 14.6 Å². The molecule has 0 bridgehead atoms. The molecule has 4 aliphatic carbocycles. The van der Waals surface area contributed by atoms with Crippen LogP contribution in [0.1, 0.15) is 91.0 Å². The van der Waals surface area contributed by atoms with Crippen LogP contribution >= 0.6 is 0 Å². The predicted octanol–water partition coefficient (Wildman–Crippen LogP) is 5.76. The van der Waals surface area contributed by atoms with Gasteiger partial charge in [-0.2, -0.15) is 5.10 Å². The number of nitrogens with one attached hydrogen (secondary N) is 2. The van der Waals surface area contributed by atoms with Gasteiger partial charge >= 0.3 is 6.03 Å². The van der Waals surface area contributed by atoms with Crippen molar-refractivity contribution in [2.24, 2.45) is 57.4 Å². The first kappa shape index (κ1) is 31.6. The molecule has 3 N–H and O–H groups in total. The van der Waals surface area contributed by atoms with Crippen LogP contribution in [0.25, 0.3) is 0 Å². The zero-order valence-corrected chi connectivity index (χ0v) is 28.2. The highest BCUT2D eigenvalue weighted by atomic mass is 32.2. The van der Waals surface area contributed by atoms with Crippen LogP contribution in [-0.2, 0) is 19.5 Å². The fraction of sp³-hybridized carbons (Fsp3) is 0.771. The maximum atomic E-state index is 13.1. The van der Waals surface area contributed by atoms with Gasteiger partial charge in [0.2, 0.25) is 0 Å². The third-order valence-electron chi connectivity index (χ3n) is 13.7. The van der Waals surface area contributed by atoms with Crippen LogP contribution in [0.2, 0.25) is 0 Å². The molecule has 4 saturated carbocycles. The minimum absolute atomic E-state index is 0.0340. The van der Waals surface area contributed by atoms with Gasteiger partial charge in [0.25, 0.3) is 10.0 Å². The van der Waals surface area contributed by atoms with Crippen molar-refractivity contribution in [1.29, 1.82) is 0 Å². The molecule has 6 aliphatic rings. The van der Waals surface area contributed by atoms with Gasteiger partial charge in [-0.25, -0.2) is 23.4 Å². The molecule has 12 atom stereocenters. The van der Waals surface area contributed by atoms with E-state index in [1.54, 1.807) is 12.1 Å². The van der Waals surface area contributed by atoms with Crippen LogP contribution in [0.4, 0.5) is 4.79 Å². The molecule has 9 nitrogen and oxygen atoms in total. The van der Waals surface area contributed by atoms with E-state index in [0.717, 1.165) is 69.1 Å². The highest BCUT2D eigenvalue weighted by Gasteiger charge is 2.71. The lowest BCUT2D eigenvalue weighted by molar-refractivity contribution is -0.272. The van der Waals surface area contributed by atoms with Crippen molar-refractivity contribution in [2.75, 3.05) is 6.61 Å².